The summed E-state index contributed by atoms with van der Waals surface area (Å²) in [5.41, 5.74) is 5.24. The summed E-state index contributed by atoms with van der Waals surface area (Å²) in [6.45, 7) is 0. The fourth-order valence-electron chi connectivity index (χ4n) is 2.48. The van der Waals surface area contributed by atoms with E-state index in [1.165, 1.54) is 22.3 Å². The Bertz CT molecular complexity index is 563. The van der Waals surface area contributed by atoms with Gasteiger partial charge in [0.15, 0.2) is 0 Å². The highest BCUT2D eigenvalue weighted by molar-refractivity contribution is 9.10. The molecule has 1 aliphatic carbocycles. The second-order valence-corrected chi connectivity index (χ2v) is 5.76. The van der Waals surface area contributed by atoms with E-state index in [4.69, 9.17) is 11.6 Å². The molecule has 1 unspecified atom stereocenters. The van der Waals surface area contributed by atoms with Crippen molar-refractivity contribution < 1.29 is 0 Å². The fourth-order valence-corrected chi connectivity index (χ4v) is 3.32. The van der Waals surface area contributed by atoms with Gasteiger partial charge in [-0.15, -0.1) is 11.6 Å². The van der Waals surface area contributed by atoms with Crippen LogP contribution in [0.2, 0.25) is 0 Å². The molecule has 0 bridgehead atoms. The molecule has 86 valence electrons. The SMILES string of the molecule is ClC1c2ccccc2CCc2cc(Br)ccc21. The van der Waals surface area contributed by atoms with Gasteiger partial charge in [0.05, 0.1) is 5.38 Å². The first-order chi connectivity index (χ1) is 8.25. The summed E-state index contributed by atoms with van der Waals surface area (Å²) in [5, 5.41) is -0.0169. The lowest BCUT2D eigenvalue weighted by Gasteiger charge is -2.13. The van der Waals surface area contributed by atoms with Crippen molar-refractivity contribution in [2.45, 2.75) is 18.2 Å². The van der Waals surface area contributed by atoms with Crippen LogP contribution in [-0.4, -0.2) is 0 Å². The third-order valence-corrected chi connectivity index (χ3v) is 4.33. The van der Waals surface area contributed by atoms with Crippen LogP contribution in [0.5, 0.6) is 0 Å². The Morgan fingerprint density at radius 1 is 0.941 bits per heavy atom. The Hall–Kier alpha value is -0.790. The predicted molar refractivity (Wildman–Crippen MR) is 75.7 cm³/mol. The maximum Gasteiger partial charge on any atom is 0.0840 e. The molecule has 0 heterocycles. The molecule has 0 aliphatic heterocycles. The van der Waals surface area contributed by atoms with E-state index in [2.05, 4.69) is 58.4 Å². The van der Waals surface area contributed by atoms with Crippen molar-refractivity contribution in [3.05, 3.63) is 69.2 Å². The number of alkyl halides is 1. The van der Waals surface area contributed by atoms with Gasteiger partial charge in [0, 0.05) is 4.47 Å². The van der Waals surface area contributed by atoms with Gasteiger partial charge in [-0.2, -0.15) is 0 Å². The zero-order chi connectivity index (χ0) is 11.8. The van der Waals surface area contributed by atoms with Crippen LogP contribution < -0.4 is 0 Å². The zero-order valence-electron chi connectivity index (χ0n) is 9.29. The molecule has 0 aromatic heterocycles. The van der Waals surface area contributed by atoms with E-state index < -0.39 is 0 Å². The molecule has 2 aromatic carbocycles. The summed E-state index contributed by atoms with van der Waals surface area (Å²) in [7, 11) is 0. The lowest BCUT2D eigenvalue weighted by molar-refractivity contribution is 0.964. The van der Waals surface area contributed by atoms with Crippen molar-refractivity contribution in [3.8, 4) is 0 Å². The Morgan fingerprint density at radius 2 is 1.65 bits per heavy atom. The van der Waals surface area contributed by atoms with Gasteiger partial charge < -0.3 is 0 Å². The van der Waals surface area contributed by atoms with Crippen molar-refractivity contribution in [2.75, 3.05) is 0 Å². The summed E-state index contributed by atoms with van der Waals surface area (Å²) < 4.78 is 1.13. The molecule has 0 N–H and O–H groups in total. The van der Waals surface area contributed by atoms with Gasteiger partial charge in [-0.1, -0.05) is 46.3 Å². The topological polar surface area (TPSA) is 0 Å². The number of benzene rings is 2. The molecule has 1 aliphatic rings. The summed E-state index contributed by atoms with van der Waals surface area (Å²) in [5.74, 6) is 0. The Labute approximate surface area is 115 Å². The third-order valence-electron chi connectivity index (χ3n) is 3.37. The number of rotatable bonds is 0. The molecule has 3 rings (SSSR count). The normalized spacial score (nSPS) is 18.1. The molecule has 0 amide bonds. The number of aryl methyl sites for hydroxylation is 2. The van der Waals surface area contributed by atoms with Crippen molar-refractivity contribution >= 4 is 27.5 Å². The lowest BCUT2D eigenvalue weighted by atomic mass is 10.00. The standard InChI is InChI=1S/C15H12BrCl/c16-12-7-8-14-11(9-12)6-5-10-3-1-2-4-13(10)15(14)17/h1-4,7-9,15H,5-6H2. The molecular weight excluding hydrogens is 296 g/mol. The number of halogens is 2. The van der Waals surface area contributed by atoms with Crippen molar-refractivity contribution in [2.24, 2.45) is 0 Å². The summed E-state index contributed by atoms with van der Waals surface area (Å²) >= 11 is 10.1. The van der Waals surface area contributed by atoms with Crippen LogP contribution in [0.1, 0.15) is 27.6 Å². The van der Waals surface area contributed by atoms with Crippen LogP contribution in [0.4, 0.5) is 0 Å². The van der Waals surface area contributed by atoms with Gasteiger partial charge >= 0.3 is 0 Å². The van der Waals surface area contributed by atoms with Gasteiger partial charge in [0.1, 0.15) is 0 Å². The smallest absolute Gasteiger partial charge is 0.0840 e. The van der Waals surface area contributed by atoms with E-state index in [0.29, 0.717) is 0 Å². The summed E-state index contributed by atoms with van der Waals surface area (Å²) in [6, 6.07) is 14.9. The minimum atomic E-state index is -0.0169. The van der Waals surface area contributed by atoms with Gasteiger partial charge in [0.25, 0.3) is 0 Å². The van der Waals surface area contributed by atoms with Crippen LogP contribution in [0, 0.1) is 0 Å². The van der Waals surface area contributed by atoms with E-state index in [0.717, 1.165) is 17.3 Å². The Kier molecular flexibility index (Phi) is 2.97. The molecule has 2 heteroatoms. The largest absolute Gasteiger partial charge is 0.113 e. The second kappa shape index (κ2) is 4.47. The molecular formula is C15H12BrCl. The van der Waals surface area contributed by atoms with Crippen LogP contribution in [0.15, 0.2) is 46.9 Å². The minimum Gasteiger partial charge on any atom is -0.113 e. The summed E-state index contributed by atoms with van der Waals surface area (Å²) in [4.78, 5) is 0. The summed E-state index contributed by atoms with van der Waals surface area (Å²) in [6.07, 6.45) is 2.14. The molecule has 0 saturated heterocycles. The first-order valence-electron chi connectivity index (χ1n) is 5.76. The number of hydrogen-bond acceptors (Lipinski definition) is 0. The monoisotopic (exact) mass is 306 g/mol. The molecule has 0 nitrogen and oxygen atoms in total. The average molecular weight is 308 g/mol. The van der Waals surface area contributed by atoms with Crippen molar-refractivity contribution in [1.29, 1.82) is 0 Å². The van der Waals surface area contributed by atoms with Gasteiger partial charge in [0.2, 0.25) is 0 Å². The maximum atomic E-state index is 6.62. The average Bonchev–Trinajstić information content (AvgIpc) is 2.48. The fraction of sp³-hybridized carbons (Fsp3) is 0.200. The van der Waals surface area contributed by atoms with E-state index in [-0.39, 0.29) is 5.38 Å². The molecule has 0 spiro atoms. The highest BCUT2D eigenvalue weighted by Crippen LogP contribution is 2.37. The Balaban J connectivity index is 2.16. The maximum absolute atomic E-state index is 6.62. The van der Waals surface area contributed by atoms with Gasteiger partial charge in [-0.3, -0.25) is 0 Å². The van der Waals surface area contributed by atoms with Crippen LogP contribution in [0.25, 0.3) is 0 Å². The second-order valence-electron chi connectivity index (χ2n) is 4.40. The van der Waals surface area contributed by atoms with E-state index in [9.17, 15) is 0 Å². The highest BCUT2D eigenvalue weighted by Gasteiger charge is 2.21. The molecule has 17 heavy (non-hydrogen) atoms. The van der Waals surface area contributed by atoms with Crippen LogP contribution in [-0.2, 0) is 12.8 Å². The molecule has 0 fully saturated rings. The molecule has 0 saturated carbocycles. The van der Waals surface area contributed by atoms with Crippen LogP contribution >= 0.6 is 27.5 Å². The quantitative estimate of drug-likeness (QED) is 0.609. The van der Waals surface area contributed by atoms with Gasteiger partial charge in [-0.05, 0) is 47.2 Å². The van der Waals surface area contributed by atoms with E-state index in [1.807, 2.05) is 0 Å². The first kappa shape index (κ1) is 11.3. The van der Waals surface area contributed by atoms with Gasteiger partial charge in [-0.25, -0.2) is 0 Å². The van der Waals surface area contributed by atoms with E-state index >= 15 is 0 Å². The molecule has 0 radical (unpaired) electrons. The van der Waals surface area contributed by atoms with Crippen molar-refractivity contribution in [3.63, 3.8) is 0 Å². The van der Waals surface area contributed by atoms with Crippen LogP contribution in [0.3, 0.4) is 0 Å². The van der Waals surface area contributed by atoms with Crippen molar-refractivity contribution in [1.82, 2.24) is 0 Å². The minimum absolute atomic E-state index is 0.0169. The number of fused-ring (bicyclic) bond motifs is 2. The molecule has 2 aromatic rings. The van der Waals surface area contributed by atoms with E-state index in [1.54, 1.807) is 0 Å². The first-order valence-corrected chi connectivity index (χ1v) is 6.99. The zero-order valence-corrected chi connectivity index (χ0v) is 11.6. The highest BCUT2D eigenvalue weighted by atomic mass is 79.9. The molecule has 1 atom stereocenters. The lowest BCUT2D eigenvalue weighted by Crippen LogP contribution is -1.96. The third kappa shape index (κ3) is 2.02. The predicted octanol–water partition coefficient (Wildman–Crippen LogP) is 4.88. The number of hydrogen-bond donors (Lipinski definition) is 0. The Morgan fingerprint density at radius 3 is 2.53 bits per heavy atom.